The molecule has 58 heavy (non-hydrogen) atoms. The van der Waals surface area contributed by atoms with Gasteiger partial charge in [0.05, 0.1) is 34.0 Å². The summed E-state index contributed by atoms with van der Waals surface area (Å²) in [4.78, 5) is 4.81. The summed E-state index contributed by atoms with van der Waals surface area (Å²) in [6.45, 7) is 0. The molecule has 0 fully saturated rings. The Morgan fingerprint density at radius 3 is 1.64 bits per heavy atom. The topological polar surface area (TPSA) is 16.3 Å². The Kier molecular flexibility index (Phi) is 7.02. The molecule has 0 spiro atoms. The van der Waals surface area contributed by atoms with Crippen molar-refractivity contribution in [2.24, 2.45) is 7.05 Å². The van der Waals surface area contributed by atoms with Crippen molar-refractivity contribution < 1.29 is 0 Å². The van der Waals surface area contributed by atoms with E-state index in [0.717, 1.165) is 11.4 Å². The molecule has 2 aliphatic heterocycles. The van der Waals surface area contributed by atoms with Gasteiger partial charge in [0.2, 0.25) is 0 Å². The second-order valence-electron chi connectivity index (χ2n) is 15.4. The van der Waals surface area contributed by atoms with Gasteiger partial charge in [0.25, 0.3) is 0 Å². The van der Waals surface area contributed by atoms with Gasteiger partial charge in [0.15, 0.2) is 0 Å². The molecule has 10 aromatic rings. The smallest absolute Gasteiger partial charge is 0.0641 e. The van der Waals surface area contributed by atoms with Crippen LogP contribution in [0.4, 0.5) is 28.4 Å². The summed E-state index contributed by atoms with van der Waals surface area (Å²) in [5.74, 6) is 0. The second-order valence-corrected chi connectivity index (χ2v) is 15.4. The van der Waals surface area contributed by atoms with Crippen LogP contribution in [-0.4, -0.2) is 16.2 Å². The number of aryl methyl sites for hydroxylation is 1. The normalized spacial score (nSPS) is 12.6. The van der Waals surface area contributed by atoms with E-state index in [-0.39, 0.29) is 0 Å². The highest BCUT2D eigenvalue weighted by Crippen LogP contribution is 2.55. The molecule has 4 heterocycles. The van der Waals surface area contributed by atoms with Gasteiger partial charge in [0, 0.05) is 80.8 Å². The van der Waals surface area contributed by atoms with Crippen molar-refractivity contribution in [3.8, 4) is 61.6 Å². The molecule has 2 aromatic heterocycles. The summed E-state index contributed by atoms with van der Waals surface area (Å²) < 4.78 is 4.85. The van der Waals surface area contributed by atoms with Gasteiger partial charge in [-0.25, -0.2) is 0 Å². The van der Waals surface area contributed by atoms with E-state index in [4.69, 9.17) is 0 Å². The van der Waals surface area contributed by atoms with E-state index in [1.165, 1.54) is 100 Å². The zero-order valence-electron chi connectivity index (χ0n) is 32.3. The minimum absolute atomic E-state index is 1.14. The lowest BCUT2D eigenvalue weighted by atomic mass is 9.94. The summed E-state index contributed by atoms with van der Waals surface area (Å²) in [5.41, 5.74) is 21.7. The zero-order chi connectivity index (χ0) is 38.5. The number of hydrogen-bond acceptors (Lipinski definition) is 2. The van der Waals surface area contributed by atoms with E-state index in [9.17, 15) is 0 Å². The van der Waals surface area contributed by atoms with Gasteiger partial charge in [0.1, 0.15) is 0 Å². The summed E-state index contributed by atoms with van der Waals surface area (Å²) in [7, 11) is 4.44. The van der Waals surface area contributed by atoms with Crippen molar-refractivity contribution in [2.45, 2.75) is 0 Å². The lowest BCUT2D eigenvalue weighted by Gasteiger charge is -2.27. The van der Waals surface area contributed by atoms with Crippen LogP contribution in [0.2, 0.25) is 0 Å². The monoisotopic (exact) mass is 742 g/mol. The van der Waals surface area contributed by atoms with Gasteiger partial charge in [-0.2, -0.15) is 0 Å². The van der Waals surface area contributed by atoms with Crippen molar-refractivity contribution in [3.05, 3.63) is 194 Å². The van der Waals surface area contributed by atoms with Crippen molar-refractivity contribution in [2.75, 3.05) is 16.8 Å². The van der Waals surface area contributed by atoms with Gasteiger partial charge in [-0.1, -0.05) is 127 Å². The summed E-state index contributed by atoms with van der Waals surface area (Å²) in [5, 5.41) is 2.49. The largest absolute Gasteiger partial charge is 0.344 e. The van der Waals surface area contributed by atoms with E-state index in [1.54, 1.807) is 0 Å². The van der Waals surface area contributed by atoms with Crippen LogP contribution >= 0.6 is 0 Å². The summed E-state index contributed by atoms with van der Waals surface area (Å²) in [6, 6.07) is 71.1. The van der Waals surface area contributed by atoms with Gasteiger partial charge in [-0.3, -0.25) is 0 Å². The molecule has 0 atom stereocenters. The maximum absolute atomic E-state index is 2.46. The molecular formula is C54H38N4. The quantitative estimate of drug-likeness (QED) is 0.179. The molecule has 274 valence electrons. The van der Waals surface area contributed by atoms with E-state index >= 15 is 0 Å². The summed E-state index contributed by atoms with van der Waals surface area (Å²) in [6.07, 6.45) is 0. The summed E-state index contributed by atoms with van der Waals surface area (Å²) >= 11 is 0. The average Bonchev–Trinajstić information content (AvgIpc) is 3.70. The van der Waals surface area contributed by atoms with Crippen LogP contribution < -0.4 is 9.80 Å². The molecule has 0 bridgehead atoms. The third-order valence-corrected chi connectivity index (χ3v) is 12.4. The maximum Gasteiger partial charge on any atom is 0.0641 e. The fourth-order valence-corrected chi connectivity index (χ4v) is 9.86. The Balaban J connectivity index is 1.10. The van der Waals surface area contributed by atoms with Gasteiger partial charge < -0.3 is 18.9 Å². The molecule has 2 aliphatic rings. The van der Waals surface area contributed by atoms with Crippen LogP contribution in [0.1, 0.15) is 0 Å². The molecule has 4 nitrogen and oxygen atoms in total. The number of para-hydroxylation sites is 6. The van der Waals surface area contributed by atoms with E-state index in [0.29, 0.717) is 0 Å². The van der Waals surface area contributed by atoms with E-state index in [1.807, 2.05) is 0 Å². The zero-order valence-corrected chi connectivity index (χ0v) is 32.3. The number of benzene rings is 8. The SMILES string of the molecule is CN1c2ccccc2-c2c(n(-c3ccccc3)c3ccccc23)-c2ccc(-c3ccc4c(c3)c3c(n4C)-c4ccccc4N(c4ccccc4)c4ccccc4-3)cc21. The van der Waals surface area contributed by atoms with Gasteiger partial charge >= 0.3 is 0 Å². The first-order chi connectivity index (χ1) is 28.7. The lowest BCUT2D eigenvalue weighted by Crippen LogP contribution is -2.11. The number of anilines is 5. The minimum Gasteiger partial charge on any atom is -0.344 e. The van der Waals surface area contributed by atoms with Crippen LogP contribution in [0, 0.1) is 0 Å². The number of hydrogen-bond donors (Lipinski definition) is 0. The van der Waals surface area contributed by atoms with Crippen LogP contribution in [0.25, 0.3) is 83.4 Å². The fourth-order valence-electron chi connectivity index (χ4n) is 9.86. The molecule has 0 radical (unpaired) electrons. The molecule has 0 N–H and O–H groups in total. The number of rotatable bonds is 3. The van der Waals surface area contributed by atoms with Gasteiger partial charge in [-0.05, 0) is 77.9 Å². The first-order valence-electron chi connectivity index (χ1n) is 20.0. The van der Waals surface area contributed by atoms with Crippen LogP contribution in [0.5, 0.6) is 0 Å². The Morgan fingerprint density at radius 2 is 0.879 bits per heavy atom. The van der Waals surface area contributed by atoms with Crippen molar-refractivity contribution in [1.82, 2.24) is 9.13 Å². The highest BCUT2D eigenvalue weighted by atomic mass is 15.2. The Morgan fingerprint density at radius 1 is 0.345 bits per heavy atom. The number of aromatic nitrogens is 2. The third kappa shape index (κ3) is 4.57. The molecule has 4 heteroatoms. The molecule has 8 aromatic carbocycles. The van der Waals surface area contributed by atoms with Crippen molar-refractivity contribution in [3.63, 3.8) is 0 Å². The fraction of sp³-hybridized carbons (Fsp3) is 0.0370. The predicted molar refractivity (Wildman–Crippen MR) is 243 cm³/mol. The molecule has 0 saturated carbocycles. The van der Waals surface area contributed by atoms with Crippen molar-refractivity contribution >= 4 is 50.2 Å². The highest BCUT2D eigenvalue weighted by Gasteiger charge is 2.32. The Labute approximate surface area is 337 Å². The molecule has 0 aliphatic carbocycles. The Hall–Kier alpha value is -7.56. The van der Waals surface area contributed by atoms with E-state index in [2.05, 4.69) is 227 Å². The number of fused-ring (bicyclic) bond motifs is 14. The minimum atomic E-state index is 1.14. The van der Waals surface area contributed by atoms with Crippen LogP contribution in [0.15, 0.2) is 194 Å². The predicted octanol–water partition coefficient (Wildman–Crippen LogP) is 14.3. The third-order valence-electron chi connectivity index (χ3n) is 12.4. The average molecular weight is 743 g/mol. The Bertz CT molecular complexity index is 3260. The van der Waals surface area contributed by atoms with E-state index < -0.39 is 0 Å². The first kappa shape index (κ1) is 32.7. The molecule has 0 saturated heterocycles. The first-order valence-corrected chi connectivity index (χ1v) is 20.0. The van der Waals surface area contributed by atoms with Crippen LogP contribution in [-0.2, 0) is 7.05 Å². The molecule has 0 amide bonds. The highest BCUT2D eigenvalue weighted by molar-refractivity contribution is 6.14. The standard InChI is InChI=1S/C54H38N4/c1-55-45-25-13-9-21-39(45)51-41-23-11-15-27-48(41)58(38-19-7-4-8-20-38)54(51)43-31-29-36(34-50(43)55)35-30-32-46-44(33-35)52-40-22-10-14-26-47(40)57(37-17-5-3-6-18-37)49-28-16-12-24-42(49)53(52)56(46)2/h3-34H,1-2H3. The lowest BCUT2D eigenvalue weighted by molar-refractivity contribution is 0.979. The molecular weight excluding hydrogens is 705 g/mol. The van der Waals surface area contributed by atoms with Crippen molar-refractivity contribution in [1.29, 1.82) is 0 Å². The molecule has 12 rings (SSSR count). The van der Waals surface area contributed by atoms with Crippen LogP contribution in [0.3, 0.4) is 0 Å². The maximum atomic E-state index is 2.46. The molecule has 0 unspecified atom stereocenters. The number of nitrogens with zero attached hydrogens (tertiary/aromatic N) is 4. The second kappa shape index (κ2) is 12.5. The van der Waals surface area contributed by atoms with Gasteiger partial charge in [-0.15, -0.1) is 0 Å².